The monoisotopic (exact) mass is 341 g/mol. The fourth-order valence-corrected chi connectivity index (χ4v) is 3.36. The van der Waals surface area contributed by atoms with E-state index < -0.39 is 0 Å². The quantitative estimate of drug-likeness (QED) is 0.732. The SMILES string of the molecule is COc1nc(-c2nnc(Cl)c3c2CCC3)ccc1-n1cnc(C)c1. The number of halogens is 1. The van der Waals surface area contributed by atoms with Crippen molar-refractivity contribution in [3.8, 4) is 23.0 Å². The second-order valence-electron chi connectivity index (χ2n) is 5.80. The molecule has 0 saturated carbocycles. The van der Waals surface area contributed by atoms with Gasteiger partial charge in [0.1, 0.15) is 11.4 Å². The molecule has 0 fully saturated rings. The lowest BCUT2D eigenvalue weighted by Crippen LogP contribution is -2.02. The van der Waals surface area contributed by atoms with Crippen LogP contribution in [0, 0.1) is 6.92 Å². The van der Waals surface area contributed by atoms with E-state index in [0.29, 0.717) is 11.0 Å². The van der Waals surface area contributed by atoms with Crippen molar-refractivity contribution in [3.63, 3.8) is 0 Å². The van der Waals surface area contributed by atoms with Crippen LogP contribution >= 0.6 is 11.6 Å². The van der Waals surface area contributed by atoms with Gasteiger partial charge in [0.2, 0.25) is 5.88 Å². The Labute approximate surface area is 144 Å². The molecule has 24 heavy (non-hydrogen) atoms. The number of nitrogens with zero attached hydrogens (tertiary/aromatic N) is 5. The van der Waals surface area contributed by atoms with E-state index in [1.54, 1.807) is 13.4 Å². The zero-order valence-corrected chi connectivity index (χ0v) is 14.2. The first kappa shape index (κ1) is 15.1. The Bertz CT molecular complexity index is 921. The predicted molar refractivity (Wildman–Crippen MR) is 90.7 cm³/mol. The molecule has 3 aromatic rings. The highest BCUT2D eigenvalue weighted by molar-refractivity contribution is 6.30. The summed E-state index contributed by atoms with van der Waals surface area (Å²) in [6, 6.07) is 3.89. The fraction of sp³-hybridized carbons (Fsp3) is 0.294. The van der Waals surface area contributed by atoms with Crippen molar-refractivity contribution in [2.75, 3.05) is 7.11 Å². The number of methoxy groups -OCH3 is 1. The molecule has 0 atom stereocenters. The summed E-state index contributed by atoms with van der Waals surface area (Å²) in [6.45, 7) is 1.94. The zero-order chi connectivity index (χ0) is 16.7. The van der Waals surface area contributed by atoms with Crippen LogP contribution in [0.5, 0.6) is 5.88 Å². The molecule has 4 rings (SSSR count). The molecule has 0 saturated heterocycles. The lowest BCUT2D eigenvalue weighted by Gasteiger charge is -2.11. The number of rotatable bonds is 3. The minimum Gasteiger partial charge on any atom is -0.479 e. The first-order chi connectivity index (χ1) is 11.7. The van der Waals surface area contributed by atoms with Gasteiger partial charge in [-0.2, -0.15) is 0 Å². The standard InChI is InChI=1S/C17H16ClN5O/c1-10-8-23(9-19-10)14-7-6-13(20-17(14)24-2)15-11-4-3-5-12(11)16(18)22-21-15/h6-9H,3-5H2,1-2H3. The highest BCUT2D eigenvalue weighted by Gasteiger charge is 2.22. The van der Waals surface area contributed by atoms with Gasteiger partial charge in [-0.1, -0.05) is 11.6 Å². The van der Waals surface area contributed by atoms with Gasteiger partial charge in [-0.15, -0.1) is 10.2 Å². The van der Waals surface area contributed by atoms with Crippen molar-refractivity contribution in [1.29, 1.82) is 0 Å². The maximum absolute atomic E-state index is 6.17. The van der Waals surface area contributed by atoms with E-state index >= 15 is 0 Å². The maximum Gasteiger partial charge on any atom is 0.238 e. The van der Waals surface area contributed by atoms with Crippen LogP contribution in [0.15, 0.2) is 24.7 Å². The van der Waals surface area contributed by atoms with Crippen LogP contribution in [-0.4, -0.2) is 31.8 Å². The summed E-state index contributed by atoms with van der Waals surface area (Å²) in [5.41, 5.74) is 5.55. The second kappa shape index (κ2) is 5.87. The Hall–Kier alpha value is -2.47. The lowest BCUT2D eigenvalue weighted by atomic mass is 10.1. The van der Waals surface area contributed by atoms with Crippen molar-refractivity contribution < 1.29 is 4.74 Å². The first-order valence-corrected chi connectivity index (χ1v) is 8.15. The molecule has 0 aliphatic heterocycles. The van der Waals surface area contributed by atoms with Gasteiger partial charge in [0.05, 0.1) is 24.8 Å². The number of aromatic nitrogens is 5. The Morgan fingerprint density at radius 3 is 2.75 bits per heavy atom. The van der Waals surface area contributed by atoms with Crippen LogP contribution in [0.4, 0.5) is 0 Å². The minimum absolute atomic E-state index is 0.503. The van der Waals surface area contributed by atoms with Gasteiger partial charge >= 0.3 is 0 Å². The predicted octanol–water partition coefficient (Wildman–Crippen LogP) is 3.18. The maximum atomic E-state index is 6.17. The number of fused-ring (bicyclic) bond motifs is 1. The van der Waals surface area contributed by atoms with E-state index in [9.17, 15) is 0 Å². The van der Waals surface area contributed by atoms with Crippen molar-refractivity contribution in [2.45, 2.75) is 26.2 Å². The van der Waals surface area contributed by atoms with Crippen LogP contribution in [0.25, 0.3) is 17.1 Å². The smallest absolute Gasteiger partial charge is 0.238 e. The van der Waals surface area contributed by atoms with Crippen LogP contribution in [-0.2, 0) is 12.8 Å². The van der Waals surface area contributed by atoms with Gasteiger partial charge in [0, 0.05) is 6.20 Å². The topological polar surface area (TPSA) is 65.7 Å². The molecule has 0 radical (unpaired) electrons. The van der Waals surface area contributed by atoms with Gasteiger partial charge < -0.3 is 9.30 Å². The molecule has 1 aliphatic rings. The van der Waals surface area contributed by atoms with E-state index in [4.69, 9.17) is 16.3 Å². The van der Waals surface area contributed by atoms with Gasteiger partial charge in [-0.05, 0) is 49.4 Å². The third-order valence-electron chi connectivity index (χ3n) is 4.26. The summed E-state index contributed by atoms with van der Waals surface area (Å²) in [5.74, 6) is 0.522. The van der Waals surface area contributed by atoms with E-state index in [0.717, 1.165) is 53.2 Å². The summed E-state index contributed by atoms with van der Waals surface area (Å²) in [4.78, 5) is 8.89. The van der Waals surface area contributed by atoms with Crippen LogP contribution in [0.2, 0.25) is 5.15 Å². The number of ether oxygens (including phenoxy) is 1. The summed E-state index contributed by atoms with van der Waals surface area (Å²) < 4.78 is 7.37. The van der Waals surface area contributed by atoms with Gasteiger partial charge in [-0.25, -0.2) is 9.97 Å². The molecule has 0 bridgehead atoms. The van der Waals surface area contributed by atoms with Crippen LogP contribution in [0.3, 0.4) is 0 Å². The average molecular weight is 342 g/mol. The lowest BCUT2D eigenvalue weighted by molar-refractivity contribution is 0.396. The number of aryl methyl sites for hydroxylation is 1. The molecule has 0 unspecified atom stereocenters. The summed E-state index contributed by atoms with van der Waals surface area (Å²) in [6.07, 6.45) is 6.64. The Morgan fingerprint density at radius 1 is 1.17 bits per heavy atom. The summed E-state index contributed by atoms with van der Waals surface area (Å²) >= 11 is 6.17. The molecule has 0 N–H and O–H groups in total. The third kappa shape index (κ3) is 2.43. The zero-order valence-electron chi connectivity index (χ0n) is 13.5. The third-order valence-corrected chi connectivity index (χ3v) is 4.56. The second-order valence-corrected chi connectivity index (χ2v) is 6.16. The van der Waals surface area contributed by atoms with Gasteiger partial charge in [0.15, 0.2) is 5.15 Å². The first-order valence-electron chi connectivity index (χ1n) is 7.77. The molecular weight excluding hydrogens is 326 g/mol. The average Bonchev–Trinajstić information content (AvgIpc) is 3.24. The molecule has 0 spiro atoms. The Kier molecular flexibility index (Phi) is 3.69. The van der Waals surface area contributed by atoms with Gasteiger partial charge in [0.25, 0.3) is 0 Å². The molecule has 1 aliphatic carbocycles. The molecule has 7 heteroatoms. The molecule has 6 nitrogen and oxygen atoms in total. The number of pyridine rings is 1. The van der Waals surface area contributed by atoms with E-state index in [1.807, 2.05) is 29.8 Å². The van der Waals surface area contributed by atoms with E-state index in [2.05, 4.69) is 20.2 Å². The Balaban J connectivity index is 1.82. The van der Waals surface area contributed by atoms with Crippen LogP contribution in [0.1, 0.15) is 23.2 Å². The van der Waals surface area contributed by atoms with Crippen molar-refractivity contribution in [3.05, 3.63) is 46.6 Å². The number of imidazole rings is 1. The minimum atomic E-state index is 0.503. The molecule has 3 aromatic heterocycles. The largest absolute Gasteiger partial charge is 0.479 e. The highest BCUT2D eigenvalue weighted by atomic mass is 35.5. The van der Waals surface area contributed by atoms with Gasteiger partial charge in [-0.3, -0.25) is 0 Å². The molecule has 122 valence electrons. The van der Waals surface area contributed by atoms with E-state index in [1.165, 1.54) is 0 Å². The van der Waals surface area contributed by atoms with E-state index in [-0.39, 0.29) is 0 Å². The molecular formula is C17H16ClN5O. The number of hydrogen-bond acceptors (Lipinski definition) is 5. The van der Waals surface area contributed by atoms with Crippen molar-refractivity contribution >= 4 is 11.6 Å². The fourth-order valence-electron chi connectivity index (χ4n) is 3.12. The number of hydrogen-bond donors (Lipinski definition) is 0. The normalized spacial score (nSPS) is 13.1. The summed E-state index contributed by atoms with van der Waals surface area (Å²) in [7, 11) is 1.61. The molecule has 3 heterocycles. The molecule has 0 amide bonds. The molecule has 0 aromatic carbocycles. The van der Waals surface area contributed by atoms with Crippen molar-refractivity contribution in [1.82, 2.24) is 24.7 Å². The van der Waals surface area contributed by atoms with Crippen LogP contribution < -0.4 is 4.74 Å². The Morgan fingerprint density at radius 2 is 2.00 bits per heavy atom. The summed E-state index contributed by atoms with van der Waals surface area (Å²) in [5, 5.41) is 8.87. The van der Waals surface area contributed by atoms with Crippen molar-refractivity contribution in [2.24, 2.45) is 0 Å². The highest BCUT2D eigenvalue weighted by Crippen LogP contribution is 2.34.